The molecule has 1 aromatic carbocycles. The van der Waals surface area contributed by atoms with Gasteiger partial charge in [0.05, 0.1) is 13.5 Å². The van der Waals surface area contributed by atoms with Crippen LogP contribution in [0.1, 0.15) is 31.2 Å². The molecule has 0 saturated heterocycles. The number of methoxy groups -OCH3 is 1. The lowest BCUT2D eigenvalue weighted by Crippen LogP contribution is -2.21. The number of rotatable bonds is 5. The molecule has 1 aromatic rings. The molecule has 2 fully saturated rings. The van der Waals surface area contributed by atoms with E-state index in [0.717, 1.165) is 23.1 Å². The average Bonchev–Trinajstić information content (AvgIpc) is 3.11. The Morgan fingerprint density at radius 3 is 2.76 bits per heavy atom. The summed E-state index contributed by atoms with van der Waals surface area (Å²) in [5.74, 6) is 3.01. The fourth-order valence-corrected chi connectivity index (χ4v) is 3.65. The summed E-state index contributed by atoms with van der Waals surface area (Å²) in [7, 11) is 1.63. The number of carbonyl (C=O) groups is 1. The van der Waals surface area contributed by atoms with Crippen LogP contribution in [0.4, 0.5) is 0 Å². The van der Waals surface area contributed by atoms with E-state index in [1.54, 1.807) is 7.11 Å². The van der Waals surface area contributed by atoms with Gasteiger partial charge in [0.25, 0.3) is 0 Å². The molecular weight excluding hydrogens is 264 g/mol. The minimum atomic E-state index is -0.0698. The number of hydrogen-bond donors (Lipinski definition) is 1. The van der Waals surface area contributed by atoms with E-state index >= 15 is 0 Å². The lowest BCUT2D eigenvalue weighted by Gasteiger charge is -2.16. The van der Waals surface area contributed by atoms with E-state index in [1.807, 2.05) is 30.5 Å². The van der Waals surface area contributed by atoms with E-state index < -0.39 is 0 Å². The molecule has 2 bridgehead atoms. The summed E-state index contributed by atoms with van der Waals surface area (Å²) in [4.78, 5) is 11.8. The third-order valence-electron chi connectivity index (χ3n) is 4.77. The second-order valence-corrected chi connectivity index (χ2v) is 6.18. The van der Waals surface area contributed by atoms with Gasteiger partial charge in [-0.2, -0.15) is 5.10 Å². The van der Waals surface area contributed by atoms with Crippen LogP contribution in [0.5, 0.6) is 5.75 Å². The van der Waals surface area contributed by atoms with E-state index in [1.165, 1.54) is 25.7 Å². The number of nitrogens with one attached hydrogen (secondary N) is 1. The van der Waals surface area contributed by atoms with Crippen molar-refractivity contribution in [3.63, 3.8) is 0 Å². The van der Waals surface area contributed by atoms with Crippen molar-refractivity contribution in [1.82, 2.24) is 5.43 Å². The largest absolute Gasteiger partial charge is 0.497 e. The number of carbonyl (C=O) groups excluding carboxylic acids is 1. The van der Waals surface area contributed by atoms with Gasteiger partial charge in [-0.1, -0.05) is 18.6 Å². The van der Waals surface area contributed by atoms with Crippen LogP contribution >= 0.6 is 0 Å². The van der Waals surface area contributed by atoms with E-state index in [-0.39, 0.29) is 5.91 Å². The number of hydrogen-bond acceptors (Lipinski definition) is 3. The minimum Gasteiger partial charge on any atom is -0.497 e. The first kappa shape index (κ1) is 14.1. The summed E-state index contributed by atoms with van der Waals surface area (Å²) in [6, 6.07) is 7.53. The molecule has 0 spiro atoms. The van der Waals surface area contributed by atoms with Gasteiger partial charge in [0.1, 0.15) is 5.75 Å². The maximum atomic E-state index is 11.8. The first-order valence-corrected chi connectivity index (χ1v) is 7.69. The predicted molar refractivity (Wildman–Crippen MR) is 82.3 cm³/mol. The maximum absolute atomic E-state index is 11.8. The molecule has 1 amide bonds. The van der Waals surface area contributed by atoms with Gasteiger partial charge in [-0.05, 0) is 54.7 Å². The Hall–Kier alpha value is -1.84. The van der Waals surface area contributed by atoms with Gasteiger partial charge >= 0.3 is 0 Å². The van der Waals surface area contributed by atoms with Crippen molar-refractivity contribution < 1.29 is 9.53 Å². The molecule has 21 heavy (non-hydrogen) atoms. The Bertz CT molecular complexity index is 524. The molecule has 0 radical (unpaired) electrons. The lowest BCUT2D eigenvalue weighted by atomic mass is 9.90. The van der Waals surface area contributed by atoms with Crippen LogP contribution in [-0.4, -0.2) is 19.2 Å². The quantitative estimate of drug-likeness (QED) is 0.668. The van der Waals surface area contributed by atoms with Crippen molar-refractivity contribution in [3.05, 3.63) is 29.8 Å². The van der Waals surface area contributed by atoms with Crippen LogP contribution in [0.25, 0.3) is 0 Å². The molecular formula is C17H22N2O2. The molecule has 3 unspecified atom stereocenters. The molecule has 0 aliphatic heterocycles. The zero-order chi connectivity index (χ0) is 14.7. The topological polar surface area (TPSA) is 50.7 Å². The average molecular weight is 286 g/mol. The van der Waals surface area contributed by atoms with Crippen molar-refractivity contribution in [2.24, 2.45) is 22.9 Å². The van der Waals surface area contributed by atoms with Crippen LogP contribution < -0.4 is 10.2 Å². The number of benzene rings is 1. The molecule has 3 atom stereocenters. The molecule has 2 aliphatic rings. The van der Waals surface area contributed by atoms with Crippen molar-refractivity contribution in [2.75, 3.05) is 7.11 Å². The highest BCUT2D eigenvalue weighted by molar-refractivity contribution is 5.79. The number of ether oxygens (including phenoxy) is 1. The molecule has 4 nitrogen and oxygen atoms in total. The molecule has 1 N–H and O–H groups in total. The van der Waals surface area contributed by atoms with Crippen molar-refractivity contribution in [3.8, 4) is 5.75 Å². The number of fused-ring (bicyclic) bond motifs is 2. The molecule has 2 aliphatic carbocycles. The van der Waals surface area contributed by atoms with E-state index in [0.29, 0.717) is 12.3 Å². The summed E-state index contributed by atoms with van der Waals surface area (Å²) in [6.45, 7) is 0. The zero-order valence-corrected chi connectivity index (χ0v) is 12.4. The Morgan fingerprint density at radius 1 is 1.33 bits per heavy atom. The Balaban J connectivity index is 1.45. The van der Waals surface area contributed by atoms with Crippen molar-refractivity contribution >= 4 is 12.1 Å². The highest BCUT2D eigenvalue weighted by Gasteiger charge is 2.38. The monoisotopic (exact) mass is 286 g/mol. The Kier molecular flexibility index (Phi) is 4.23. The number of amides is 1. The van der Waals surface area contributed by atoms with Gasteiger partial charge in [-0.15, -0.1) is 0 Å². The minimum absolute atomic E-state index is 0.0698. The highest BCUT2D eigenvalue weighted by Crippen LogP contribution is 2.47. The van der Waals surface area contributed by atoms with Crippen molar-refractivity contribution in [2.45, 2.75) is 32.1 Å². The first-order chi connectivity index (χ1) is 10.2. The Labute approximate surface area is 125 Å². The summed E-state index contributed by atoms with van der Waals surface area (Å²) in [5, 5.41) is 4.15. The molecule has 4 heteroatoms. The van der Waals surface area contributed by atoms with Crippen LogP contribution in [0.2, 0.25) is 0 Å². The highest BCUT2D eigenvalue weighted by atomic mass is 16.5. The standard InChI is InChI=1S/C17H22N2O2/c1-21-16-6-3-12(4-7-16)10-17(20)19-18-11-15-9-13-2-5-14(15)8-13/h3-4,6-7,11,13-15H,2,5,8-10H2,1H3,(H,19,20). The third-order valence-corrected chi connectivity index (χ3v) is 4.77. The van der Waals surface area contributed by atoms with E-state index in [4.69, 9.17) is 4.74 Å². The molecule has 112 valence electrons. The predicted octanol–water partition coefficient (Wildman–Crippen LogP) is 2.78. The number of nitrogens with zero attached hydrogens (tertiary/aromatic N) is 1. The fourth-order valence-electron chi connectivity index (χ4n) is 3.65. The first-order valence-electron chi connectivity index (χ1n) is 7.69. The summed E-state index contributed by atoms with van der Waals surface area (Å²) in [6.07, 6.45) is 7.63. The van der Waals surface area contributed by atoms with Gasteiger partial charge in [0.2, 0.25) is 5.91 Å². The molecule has 3 rings (SSSR count). The normalized spacial score (nSPS) is 27.2. The van der Waals surface area contributed by atoms with Crippen LogP contribution in [0.3, 0.4) is 0 Å². The second-order valence-electron chi connectivity index (χ2n) is 6.18. The Morgan fingerprint density at radius 2 is 2.14 bits per heavy atom. The second kappa shape index (κ2) is 6.29. The number of hydrazone groups is 1. The summed E-state index contributed by atoms with van der Waals surface area (Å²) in [5.41, 5.74) is 3.61. The van der Waals surface area contributed by atoms with Gasteiger partial charge in [0.15, 0.2) is 0 Å². The van der Waals surface area contributed by atoms with Gasteiger partial charge in [-0.25, -0.2) is 5.43 Å². The summed E-state index contributed by atoms with van der Waals surface area (Å²) >= 11 is 0. The van der Waals surface area contributed by atoms with Gasteiger partial charge in [-0.3, -0.25) is 4.79 Å². The third kappa shape index (κ3) is 3.43. The zero-order valence-electron chi connectivity index (χ0n) is 12.4. The smallest absolute Gasteiger partial charge is 0.244 e. The van der Waals surface area contributed by atoms with Crippen molar-refractivity contribution in [1.29, 1.82) is 0 Å². The molecule has 0 heterocycles. The van der Waals surface area contributed by atoms with Crippen LogP contribution in [-0.2, 0) is 11.2 Å². The molecule has 2 saturated carbocycles. The van der Waals surface area contributed by atoms with E-state index in [2.05, 4.69) is 10.5 Å². The SMILES string of the molecule is COc1ccc(CC(=O)NN=CC2CC3CCC2C3)cc1. The van der Waals surface area contributed by atoms with E-state index in [9.17, 15) is 4.79 Å². The van der Waals surface area contributed by atoms with Gasteiger partial charge < -0.3 is 4.74 Å². The maximum Gasteiger partial charge on any atom is 0.244 e. The van der Waals surface area contributed by atoms with Crippen LogP contribution in [0, 0.1) is 17.8 Å². The summed E-state index contributed by atoms with van der Waals surface area (Å²) < 4.78 is 5.10. The molecule has 0 aromatic heterocycles. The van der Waals surface area contributed by atoms with Crippen LogP contribution in [0.15, 0.2) is 29.4 Å². The van der Waals surface area contributed by atoms with Gasteiger partial charge in [0, 0.05) is 6.21 Å². The lowest BCUT2D eigenvalue weighted by molar-refractivity contribution is -0.120. The fraction of sp³-hybridized carbons (Fsp3) is 0.529.